The van der Waals surface area contributed by atoms with E-state index in [2.05, 4.69) is 10.4 Å². The van der Waals surface area contributed by atoms with Gasteiger partial charge in [-0.15, -0.1) is 0 Å². The second kappa shape index (κ2) is 7.24. The van der Waals surface area contributed by atoms with Gasteiger partial charge in [-0.1, -0.05) is 17.7 Å². The zero-order valence-electron chi connectivity index (χ0n) is 11.3. The fraction of sp³-hybridized carbons (Fsp3) is 0.267. The largest absolute Gasteiger partial charge is 0.496 e. The van der Waals surface area contributed by atoms with Crippen molar-refractivity contribution < 1.29 is 4.74 Å². The van der Waals surface area contributed by atoms with E-state index in [4.69, 9.17) is 22.2 Å². The van der Waals surface area contributed by atoms with Crippen LogP contribution < -0.4 is 16.0 Å². The summed E-state index contributed by atoms with van der Waals surface area (Å²) >= 11 is 6.06. The summed E-state index contributed by atoms with van der Waals surface area (Å²) in [4.78, 5) is 4.31. The van der Waals surface area contributed by atoms with E-state index >= 15 is 0 Å². The number of methoxy groups -OCH3 is 1. The van der Waals surface area contributed by atoms with Crippen LogP contribution in [0.25, 0.3) is 0 Å². The van der Waals surface area contributed by atoms with Crippen molar-refractivity contribution in [1.82, 2.24) is 10.4 Å². The third-order valence-electron chi connectivity index (χ3n) is 3.18. The molecule has 20 heavy (non-hydrogen) atoms. The highest BCUT2D eigenvalue weighted by Crippen LogP contribution is 2.30. The number of halogens is 1. The van der Waals surface area contributed by atoms with E-state index in [1.54, 1.807) is 19.4 Å². The van der Waals surface area contributed by atoms with Crippen LogP contribution in [0.15, 0.2) is 42.6 Å². The lowest BCUT2D eigenvalue weighted by Gasteiger charge is -2.19. The number of hydrogen-bond acceptors (Lipinski definition) is 4. The molecule has 1 aromatic heterocycles. The molecule has 1 unspecified atom stereocenters. The SMILES string of the molecule is COc1ccc(Cl)cc1C(CCc1ccccn1)NN. The first-order valence-electron chi connectivity index (χ1n) is 6.44. The van der Waals surface area contributed by atoms with Gasteiger partial charge >= 0.3 is 0 Å². The van der Waals surface area contributed by atoms with Crippen molar-refractivity contribution >= 4 is 11.6 Å². The van der Waals surface area contributed by atoms with Gasteiger partial charge in [0.2, 0.25) is 0 Å². The van der Waals surface area contributed by atoms with Gasteiger partial charge in [0.15, 0.2) is 0 Å². The van der Waals surface area contributed by atoms with Gasteiger partial charge in [0.05, 0.1) is 13.2 Å². The highest BCUT2D eigenvalue weighted by atomic mass is 35.5. The van der Waals surface area contributed by atoms with Crippen LogP contribution in [-0.4, -0.2) is 12.1 Å². The second-order valence-electron chi connectivity index (χ2n) is 4.47. The number of hydrazine groups is 1. The highest BCUT2D eigenvalue weighted by molar-refractivity contribution is 6.30. The van der Waals surface area contributed by atoms with Crippen LogP contribution in [0.3, 0.4) is 0 Å². The molecule has 0 aliphatic rings. The van der Waals surface area contributed by atoms with Crippen molar-refractivity contribution in [1.29, 1.82) is 0 Å². The highest BCUT2D eigenvalue weighted by Gasteiger charge is 2.15. The Balaban J connectivity index is 2.14. The van der Waals surface area contributed by atoms with Gasteiger partial charge in [-0.05, 0) is 43.2 Å². The molecule has 1 heterocycles. The van der Waals surface area contributed by atoms with E-state index < -0.39 is 0 Å². The van der Waals surface area contributed by atoms with Crippen molar-refractivity contribution in [3.63, 3.8) is 0 Å². The molecule has 0 amide bonds. The molecular formula is C15H18ClN3O. The summed E-state index contributed by atoms with van der Waals surface area (Å²) in [7, 11) is 1.64. The van der Waals surface area contributed by atoms with Gasteiger partial charge in [0.25, 0.3) is 0 Å². The Labute approximate surface area is 123 Å². The van der Waals surface area contributed by atoms with Crippen LogP contribution in [0.4, 0.5) is 0 Å². The maximum atomic E-state index is 6.06. The van der Waals surface area contributed by atoms with Crippen molar-refractivity contribution in [3.8, 4) is 5.75 Å². The third kappa shape index (κ3) is 3.70. The average molecular weight is 292 g/mol. The van der Waals surface area contributed by atoms with E-state index in [-0.39, 0.29) is 6.04 Å². The Kier molecular flexibility index (Phi) is 5.35. The van der Waals surface area contributed by atoms with E-state index in [9.17, 15) is 0 Å². The number of hydrogen-bond donors (Lipinski definition) is 2. The third-order valence-corrected chi connectivity index (χ3v) is 3.42. The smallest absolute Gasteiger partial charge is 0.123 e. The molecule has 3 N–H and O–H groups in total. The number of nitrogens with two attached hydrogens (primary N) is 1. The number of pyridine rings is 1. The summed E-state index contributed by atoms with van der Waals surface area (Å²) in [5.41, 5.74) is 4.82. The van der Waals surface area contributed by atoms with Crippen LogP contribution in [0.2, 0.25) is 5.02 Å². The number of ether oxygens (including phenoxy) is 1. The molecule has 0 fully saturated rings. The summed E-state index contributed by atoms with van der Waals surface area (Å²) in [6.07, 6.45) is 3.43. The van der Waals surface area contributed by atoms with Crippen molar-refractivity contribution in [3.05, 3.63) is 58.9 Å². The molecule has 5 heteroatoms. The molecule has 106 valence electrons. The number of benzene rings is 1. The number of nitrogens with one attached hydrogen (secondary N) is 1. The first-order chi connectivity index (χ1) is 9.74. The Hall–Kier alpha value is -1.62. The molecule has 2 rings (SSSR count). The van der Waals surface area contributed by atoms with Crippen molar-refractivity contribution in [2.24, 2.45) is 5.84 Å². The van der Waals surface area contributed by atoms with Crippen LogP contribution in [-0.2, 0) is 6.42 Å². The predicted octanol–water partition coefficient (Wildman–Crippen LogP) is 2.88. The molecule has 0 bridgehead atoms. The van der Waals surface area contributed by atoms with Gasteiger partial charge in [-0.3, -0.25) is 16.3 Å². The standard InChI is InChI=1S/C15H18ClN3O/c1-20-15-8-5-11(16)10-13(15)14(19-17)7-6-12-4-2-3-9-18-12/h2-5,8-10,14,19H,6-7,17H2,1H3. The summed E-state index contributed by atoms with van der Waals surface area (Å²) < 4.78 is 5.37. The molecular weight excluding hydrogens is 274 g/mol. The first-order valence-corrected chi connectivity index (χ1v) is 6.82. The van der Waals surface area contributed by atoms with Gasteiger partial charge in [-0.25, -0.2) is 0 Å². The Morgan fingerprint density at radius 1 is 1.35 bits per heavy atom. The maximum Gasteiger partial charge on any atom is 0.123 e. The summed E-state index contributed by atoms with van der Waals surface area (Å²) in [6.45, 7) is 0. The molecule has 2 aromatic rings. The minimum absolute atomic E-state index is 0.0364. The number of nitrogens with zero attached hydrogens (tertiary/aromatic N) is 1. The summed E-state index contributed by atoms with van der Waals surface area (Å²) in [5.74, 6) is 6.45. The van der Waals surface area contributed by atoms with Crippen LogP contribution >= 0.6 is 11.6 Å². The lowest BCUT2D eigenvalue weighted by Crippen LogP contribution is -2.28. The van der Waals surface area contributed by atoms with Crippen LogP contribution in [0, 0.1) is 0 Å². The average Bonchev–Trinajstić information content (AvgIpc) is 2.49. The molecule has 0 aliphatic heterocycles. The monoisotopic (exact) mass is 291 g/mol. The van der Waals surface area contributed by atoms with E-state index in [1.807, 2.05) is 30.3 Å². The molecule has 0 aliphatic carbocycles. The molecule has 0 spiro atoms. The minimum Gasteiger partial charge on any atom is -0.496 e. The Morgan fingerprint density at radius 2 is 2.20 bits per heavy atom. The number of aromatic nitrogens is 1. The number of aryl methyl sites for hydroxylation is 1. The zero-order chi connectivity index (χ0) is 14.4. The van der Waals surface area contributed by atoms with E-state index in [0.29, 0.717) is 5.02 Å². The van der Waals surface area contributed by atoms with Crippen LogP contribution in [0.1, 0.15) is 23.7 Å². The fourth-order valence-electron chi connectivity index (χ4n) is 2.14. The summed E-state index contributed by atoms with van der Waals surface area (Å²) in [6, 6.07) is 11.4. The van der Waals surface area contributed by atoms with Gasteiger partial charge in [0, 0.05) is 22.5 Å². The normalized spacial score (nSPS) is 12.2. The van der Waals surface area contributed by atoms with Crippen LogP contribution in [0.5, 0.6) is 5.75 Å². The Morgan fingerprint density at radius 3 is 2.85 bits per heavy atom. The quantitative estimate of drug-likeness (QED) is 0.635. The second-order valence-corrected chi connectivity index (χ2v) is 4.90. The molecule has 1 aromatic carbocycles. The predicted molar refractivity (Wildman–Crippen MR) is 80.6 cm³/mol. The van der Waals surface area contributed by atoms with E-state index in [0.717, 1.165) is 29.8 Å². The fourth-order valence-corrected chi connectivity index (χ4v) is 2.32. The number of rotatable bonds is 6. The zero-order valence-corrected chi connectivity index (χ0v) is 12.1. The summed E-state index contributed by atoms with van der Waals surface area (Å²) in [5, 5.41) is 0.666. The molecule has 0 saturated heterocycles. The maximum absolute atomic E-state index is 6.06. The van der Waals surface area contributed by atoms with Gasteiger partial charge in [0.1, 0.15) is 5.75 Å². The van der Waals surface area contributed by atoms with Crippen molar-refractivity contribution in [2.45, 2.75) is 18.9 Å². The molecule has 0 saturated carbocycles. The molecule has 1 atom stereocenters. The minimum atomic E-state index is -0.0364. The van der Waals surface area contributed by atoms with Crippen molar-refractivity contribution in [2.75, 3.05) is 7.11 Å². The van der Waals surface area contributed by atoms with E-state index in [1.165, 1.54) is 0 Å². The lowest BCUT2D eigenvalue weighted by molar-refractivity contribution is 0.396. The van der Waals surface area contributed by atoms with Gasteiger partial charge < -0.3 is 4.74 Å². The lowest BCUT2D eigenvalue weighted by atomic mass is 10.0. The molecule has 0 radical (unpaired) electrons. The first kappa shape index (κ1) is 14.8. The van der Waals surface area contributed by atoms with Gasteiger partial charge in [-0.2, -0.15) is 0 Å². The topological polar surface area (TPSA) is 60.2 Å². The molecule has 4 nitrogen and oxygen atoms in total. The Bertz CT molecular complexity index is 548.